The summed E-state index contributed by atoms with van der Waals surface area (Å²) < 4.78 is 25.7. The Morgan fingerprint density at radius 2 is 2.00 bits per heavy atom. The number of rotatable bonds is 11. The van der Waals surface area contributed by atoms with Gasteiger partial charge in [-0.05, 0) is 12.8 Å². The van der Waals surface area contributed by atoms with Crippen molar-refractivity contribution in [1.29, 1.82) is 0 Å². The molecule has 0 aliphatic carbocycles. The second-order valence-corrected chi connectivity index (χ2v) is 6.80. The zero-order chi connectivity index (χ0) is 14.7. The SMILES string of the molecule is CCCOC[C@H](COP(=O)(O)OC)SC(=O)CCC. The number of carbonyl (C=O) groups is 1. The summed E-state index contributed by atoms with van der Waals surface area (Å²) in [5.41, 5.74) is 0. The van der Waals surface area contributed by atoms with Gasteiger partial charge < -0.3 is 9.63 Å². The fourth-order valence-corrected chi connectivity index (χ4v) is 2.72. The molecule has 0 aliphatic heterocycles. The second kappa shape index (κ2) is 10.8. The summed E-state index contributed by atoms with van der Waals surface area (Å²) >= 11 is 1.09. The van der Waals surface area contributed by atoms with Crippen LogP contribution >= 0.6 is 19.6 Å². The van der Waals surface area contributed by atoms with Crippen LogP contribution in [-0.4, -0.2) is 42.2 Å². The standard InChI is InChI=1S/C11H23O6PS/c1-4-6-11(12)19-10(8-16-7-5-2)9-17-18(13,14)15-3/h10H,4-9H2,1-3H3,(H,13,14)/t10-/m1/s1. The van der Waals surface area contributed by atoms with Crippen molar-refractivity contribution in [3.8, 4) is 0 Å². The summed E-state index contributed by atoms with van der Waals surface area (Å²) in [6.07, 6.45) is 2.11. The van der Waals surface area contributed by atoms with Crippen LogP contribution in [0.1, 0.15) is 33.1 Å². The van der Waals surface area contributed by atoms with Crippen molar-refractivity contribution in [2.24, 2.45) is 0 Å². The van der Waals surface area contributed by atoms with Crippen LogP contribution in [0.25, 0.3) is 0 Å². The number of hydrogen-bond donors (Lipinski definition) is 1. The van der Waals surface area contributed by atoms with E-state index in [1.807, 2.05) is 13.8 Å². The number of carbonyl (C=O) groups excluding carboxylic acids is 1. The van der Waals surface area contributed by atoms with E-state index in [0.29, 0.717) is 19.6 Å². The minimum Gasteiger partial charge on any atom is -0.380 e. The maximum atomic E-state index is 11.6. The highest BCUT2D eigenvalue weighted by Gasteiger charge is 2.23. The van der Waals surface area contributed by atoms with E-state index in [9.17, 15) is 9.36 Å². The van der Waals surface area contributed by atoms with Gasteiger partial charge in [-0.25, -0.2) is 4.57 Å². The smallest absolute Gasteiger partial charge is 0.380 e. The minimum absolute atomic E-state index is 0.0291. The molecular weight excluding hydrogens is 291 g/mol. The molecule has 0 bridgehead atoms. The van der Waals surface area contributed by atoms with Gasteiger partial charge >= 0.3 is 7.82 Å². The van der Waals surface area contributed by atoms with Gasteiger partial charge in [0.25, 0.3) is 0 Å². The third-order valence-corrected chi connectivity index (χ3v) is 4.07. The molecule has 0 saturated heterocycles. The van der Waals surface area contributed by atoms with Gasteiger partial charge in [0.2, 0.25) is 0 Å². The first kappa shape index (κ1) is 19.1. The number of phosphoric acid groups is 1. The first-order chi connectivity index (χ1) is 8.95. The van der Waals surface area contributed by atoms with Crippen molar-refractivity contribution in [2.75, 3.05) is 26.9 Å². The van der Waals surface area contributed by atoms with Gasteiger partial charge in [0.1, 0.15) is 0 Å². The molecule has 0 amide bonds. The third-order valence-electron chi connectivity index (χ3n) is 2.06. The van der Waals surface area contributed by atoms with Crippen molar-refractivity contribution < 1.29 is 28.0 Å². The predicted octanol–water partition coefficient (Wildman–Crippen LogP) is 2.60. The molecule has 0 aliphatic rings. The zero-order valence-corrected chi connectivity index (χ0v) is 13.4. The fraction of sp³-hybridized carbons (Fsp3) is 0.909. The van der Waals surface area contributed by atoms with E-state index in [-0.39, 0.29) is 17.0 Å². The molecule has 0 aromatic heterocycles. The molecule has 0 spiro atoms. The lowest BCUT2D eigenvalue weighted by Crippen LogP contribution is -2.21. The van der Waals surface area contributed by atoms with Crippen LogP contribution in [-0.2, 0) is 23.1 Å². The van der Waals surface area contributed by atoms with E-state index in [0.717, 1.165) is 31.7 Å². The molecule has 0 radical (unpaired) electrons. The van der Waals surface area contributed by atoms with E-state index in [4.69, 9.17) is 14.2 Å². The van der Waals surface area contributed by atoms with Crippen molar-refractivity contribution in [2.45, 2.75) is 38.4 Å². The van der Waals surface area contributed by atoms with Crippen molar-refractivity contribution in [3.05, 3.63) is 0 Å². The zero-order valence-electron chi connectivity index (χ0n) is 11.7. The first-order valence-electron chi connectivity index (χ1n) is 6.25. The molecule has 1 N–H and O–H groups in total. The molecular formula is C11H23O6PS. The number of ether oxygens (including phenoxy) is 1. The van der Waals surface area contributed by atoms with Gasteiger partial charge in [-0.1, -0.05) is 25.6 Å². The van der Waals surface area contributed by atoms with Crippen LogP contribution in [0.4, 0.5) is 0 Å². The fourth-order valence-electron chi connectivity index (χ4n) is 1.15. The van der Waals surface area contributed by atoms with Gasteiger partial charge in [0.05, 0.1) is 18.5 Å². The lowest BCUT2D eigenvalue weighted by molar-refractivity contribution is -0.111. The monoisotopic (exact) mass is 314 g/mol. The molecule has 0 aromatic rings. The van der Waals surface area contributed by atoms with Gasteiger partial charge in [-0.3, -0.25) is 13.8 Å². The molecule has 19 heavy (non-hydrogen) atoms. The molecule has 1 unspecified atom stereocenters. The lowest BCUT2D eigenvalue weighted by atomic mass is 10.4. The molecule has 0 heterocycles. The number of hydrogen-bond acceptors (Lipinski definition) is 6. The Hall–Kier alpha value is 0.0900. The van der Waals surface area contributed by atoms with Crippen LogP contribution in [0.15, 0.2) is 0 Å². The van der Waals surface area contributed by atoms with Gasteiger partial charge in [-0.2, -0.15) is 0 Å². The quantitative estimate of drug-likeness (QED) is 0.463. The highest BCUT2D eigenvalue weighted by molar-refractivity contribution is 8.14. The van der Waals surface area contributed by atoms with Gasteiger partial charge in [0, 0.05) is 20.1 Å². The van der Waals surface area contributed by atoms with Crippen molar-refractivity contribution in [1.82, 2.24) is 0 Å². The van der Waals surface area contributed by atoms with E-state index in [1.54, 1.807) is 0 Å². The van der Waals surface area contributed by atoms with Crippen molar-refractivity contribution >= 4 is 24.7 Å². The Morgan fingerprint density at radius 3 is 2.53 bits per heavy atom. The topological polar surface area (TPSA) is 82.1 Å². The number of thioether (sulfide) groups is 1. The molecule has 114 valence electrons. The molecule has 0 fully saturated rings. The Kier molecular flexibility index (Phi) is 10.9. The van der Waals surface area contributed by atoms with Crippen LogP contribution in [0.5, 0.6) is 0 Å². The Labute approximate surface area is 118 Å². The normalized spacial score (nSPS) is 16.0. The average molecular weight is 314 g/mol. The van der Waals surface area contributed by atoms with Crippen LogP contribution in [0.2, 0.25) is 0 Å². The van der Waals surface area contributed by atoms with Crippen LogP contribution < -0.4 is 0 Å². The highest BCUT2D eigenvalue weighted by Crippen LogP contribution is 2.42. The largest absolute Gasteiger partial charge is 0.471 e. The number of phosphoric ester groups is 1. The molecule has 2 atom stereocenters. The Balaban J connectivity index is 4.24. The van der Waals surface area contributed by atoms with Crippen LogP contribution in [0.3, 0.4) is 0 Å². The maximum Gasteiger partial charge on any atom is 0.471 e. The van der Waals surface area contributed by atoms with E-state index < -0.39 is 7.82 Å². The summed E-state index contributed by atoms with van der Waals surface area (Å²) in [5.74, 6) is 0. The Morgan fingerprint density at radius 1 is 1.32 bits per heavy atom. The van der Waals surface area contributed by atoms with E-state index in [2.05, 4.69) is 4.52 Å². The molecule has 8 heteroatoms. The van der Waals surface area contributed by atoms with Crippen molar-refractivity contribution in [3.63, 3.8) is 0 Å². The average Bonchev–Trinajstić information content (AvgIpc) is 2.36. The summed E-state index contributed by atoms with van der Waals surface area (Å²) in [5, 5.41) is -0.275. The third kappa shape index (κ3) is 10.5. The predicted molar refractivity (Wildman–Crippen MR) is 75.2 cm³/mol. The second-order valence-electron chi connectivity index (χ2n) is 3.88. The lowest BCUT2D eigenvalue weighted by Gasteiger charge is -2.17. The minimum atomic E-state index is -4.01. The van der Waals surface area contributed by atoms with Crippen LogP contribution in [0, 0.1) is 0 Å². The summed E-state index contributed by atoms with van der Waals surface area (Å²) in [6.45, 7) is 4.72. The molecule has 0 saturated carbocycles. The van der Waals surface area contributed by atoms with E-state index >= 15 is 0 Å². The summed E-state index contributed by atoms with van der Waals surface area (Å²) in [4.78, 5) is 20.7. The van der Waals surface area contributed by atoms with E-state index in [1.165, 1.54) is 0 Å². The highest BCUT2D eigenvalue weighted by atomic mass is 32.2. The Bertz CT molecular complexity index is 299. The molecule has 0 aromatic carbocycles. The van der Waals surface area contributed by atoms with Gasteiger partial charge in [-0.15, -0.1) is 0 Å². The summed E-state index contributed by atoms with van der Waals surface area (Å²) in [7, 11) is -2.91. The first-order valence-corrected chi connectivity index (χ1v) is 8.63. The molecule has 0 rings (SSSR count). The maximum absolute atomic E-state index is 11.6. The summed E-state index contributed by atoms with van der Waals surface area (Å²) in [6, 6.07) is 0. The molecule has 6 nitrogen and oxygen atoms in total. The van der Waals surface area contributed by atoms with Gasteiger partial charge in [0.15, 0.2) is 5.12 Å².